The van der Waals surface area contributed by atoms with Gasteiger partial charge in [-0.1, -0.05) is 33.6 Å². The van der Waals surface area contributed by atoms with E-state index in [0.717, 1.165) is 0 Å². The molecule has 0 aliphatic carbocycles. The van der Waals surface area contributed by atoms with Crippen LogP contribution in [0.15, 0.2) is 18.2 Å². The van der Waals surface area contributed by atoms with E-state index < -0.39 is 5.82 Å². The van der Waals surface area contributed by atoms with Gasteiger partial charge in [-0.15, -0.1) is 6.42 Å². The van der Waals surface area contributed by atoms with E-state index in [9.17, 15) is 14.0 Å². The van der Waals surface area contributed by atoms with Gasteiger partial charge in [0.05, 0.1) is 11.6 Å². The Balaban J connectivity index is 2.25. The van der Waals surface area contributed by atoms with Crippen LogP contribution >= 0.6 is 0 Å². The number of benzene rings is 1. The standard InChI is InChI=1S/C20H25FN2O2/c1-6-15-7-8-16(17(21)11-15)20(25)23-10-9-22(19(24)14(4)5)12-18(23)13(2)3/h1,7-8,11,13-14,18H,9-10,12H2,2-5H3/t18-/m1/s1. The number of halogens is 1. The van der Waals surface area contributed by atoms with E-state index in [-0.39, 0.29) is 35.3 Å². The number of carbonyl (C=O) groups excluding carboxylic acids is 2. The molecule has 0 aromatic heterocycles. The second-order valence-electron chi connectivity index (χ2n) is 7.09. The van der Waals surface area contributed by atoms with Gasteiger partial charge in [0.1, 0.15) is 5.82 Å². The monoisotopic (exact) mass is 344 g/mol. The fraction of sp³-hybridized carbons (Fsp3) is 0.500. The van der Waals surface area contributed by atoms with Gasteiger partial charge in [0.15, 0.2) is 0 Å². The summed E-state index contributed by atoms with van der Waals surface area (Å²) in [5, 5.41) is 0. The summed E-state index contributed by atoms with van der Waals surface area (Å²) in [7, 11) is 0. The zero-order valence-corrected chi connectivity index (χ0v) is 15.3. The van der Waals surface area contributed by atoms with Crippen LogP contribution in [0.1, 0.15) is 43.6 Å². The summed E-state index contributed by atoms with van der Waals surface area (Å²) in [5.41, 5.74) is 0.426. The van der Waals surface area contributed by atoms with Crippen LogP contribution in [-0.4, -0.2) is 47.3 Å². The molecule has 0 radical (unpaired) electrons. The average Bonchev–Trinajstić information content (AvgIpc) is 2.59. The van der Waals surface area contributed by atoms with Gasteiger partial charge in [0, 0.05) is 31.1 Å². The Morgan fingerprint density at radius 3 is 2.44 bits per heavy atom. The first kappa shape index (κ1) is 19.0. The molecular weight excluding hydrogens is 319 g/mol. The molecule has 1 atom stereocenters. The SMILES string of the molecule is C#Cc1ccc(C(=O)N2CCN(C(=O)C(C)C)C[C@@H]2C(C)C)c(F)c1. The molecule has 0 saturated carbocycles. The molecule has 5 heteroatoms. The van der Waals surface area contributed by atoms with Crippen molar-refractivity contribution in [3.63, 3.8) is 0 Å². The maximum Gasteiger partial charge on any atom is 0.257 e. The number of rotatable bonds is 3. The van der Waals surface area contributed by atoms with E-state index in [1.54, 1.807) is 15.9 Å². The fourth-order valence-corrected chi connectivity index (χ4v) is 3.13. The molecule has 4 nitrogen and oxygen atoms in total. The van der Waals surface area contributed by atoms with E-state index in [1.165, 1.54) is 12.1 Å². The number of carbonyl (C=O) groups is 2. The second kappa shape index (κ2) is 7.69. The van der Waals surface area contributed by atoms with Crippen molar-refractivity contribution in [1.82, 2.24) is 9.80 Å². The Kier molecular flexibility index (Phi) is 5.84. The minimum absolute atomic E-state index is 0.0216. The number of hydrogen-bond acceptors (Lipinski definition) is 2. The number of amides is 2. The minimum Gasteiger partial charge on any atom is -0.339 e. The van der Waals surface area contributed by atoms with Gasteiger partial charge in [-0.2, -0.15) is 0 Å². The summed E-state index contributed by atoms with van der Waals surface area (Å²) in [5.74, 6) is 1.56. The maximum absolute atomic E-state index is 14.3. The van der Waals surface area contributed by atoms with E-state index in [2.05, 4.69) is 5.92 Å². The molecular formula is C20H25FN2O2. The van der Waals surface area contributed by atoms with Crippen molar-refractivity contribution < 1.29 is 14.0 Å². The van der Waals surface area contributed by atoms with E-state index in [4.69, 9.17) is 6.42 Å². The van der Waals surface area contributed by atoms with Crippen LogP contribution in [0.25, 0.3) is 0 Å². The quantitative estimate of drug-likeness (QED) is 0.791. The summed E-state index contributed by atoms with van der Waals surface area (Å²) >= 11 is 0. The Morgan fingerprint density at radius 2 is 1.92 bits per heavy atom. The third kappa shape index (κ3) is 4.01. The highest BCUT2D eigenvalue weighted by Gasteiger charge is 2.35. The van der Waals surface area contributed by atoms with Crippen molar-refractivity contribution in [3.8, 4) is 12.3 Å². The minimum atomic E-state index is -0.608. The topological polar surface area (TPSA) is 40.6 Å². The zero-order chi connectivity index (χ0) is 18.7. The fourth-order valence-electron chi connectivity index (χ4n) is 3.13. The molecule has 1 saturated heterocycles. The van der Waals surface area contributed by atoms with Gasteiger partial charge in [0.2, 0.25) is 5.91 Å². The Morgan fingerprint density at radius 1 is 1.24 bits per heavy atom. The predicted molar refractivity (Wildman–Crippen MR) is 95.4 cm³/mol. The van der Waals surface area contributed by atoms with E-state index in [0.29, 0.717) is 25.2 Å². The highest BCUT2D eigenvalue weighted by atomic mass is 19.1. The molecule has 1 fully saturated rings. The lowest BCUT2D eigenvalue weighted by molar-refractivity contribution is -0.137. The van der Waals surface area contributed by atoms with Crippen LogP contribution in [0.4, 0.5) is 4.39 Å². The van der Waals surface area contributed by atoms with Crippen LogP contribution < -0.4 is 0 Å². The van der Waals surface area contributed by atoms with Crippen molar-refractivity contribution in [2.24, 2.45) is 11.8 Å². The van der Waals surface area contributed by atoms with Gasteiger partial charge >= 0.3 is 0 Å². The molecule has 1 aliphatic heterocycles. The molecule has 25 heavy (non-hydrogen) atoms. The van der Waals surface area contributed by atoms with Crippen LogP contribution in [0, 0.1) is 30.0 Å². The Labute approximate surface area is 149 Å². The average molecular weight is 344 g/mol. The van der Waals surface area contributed by atoms with Gasteiger partial charge < -0.3 is 9.80 Å². The molecule has 2 rings (SSSR count). The summed E-state index contributed by atoms with van der Waals surface area (Å²) < 4.78 is 14.3. The van der Waals surface area contributed by atoms with Gasteiger partial charge in [-0.05, 0) is 24.1 Å². The van der Waals surface area contributed by atoms with Crippen LogP contribution in [0.3, 0.4) is 0 Å². The van der Waals surface area contributed by atoms with Crippen LogP contribution in [-0.2, 0) is 4.79 Å². The molecule has 1 aromatic rings. The van der Waals surface area contributed by atoms with Crippen molar-refractivity contribution >= 4 is 11.8 Å². The molecule has 1 heterocycles. The normalized spacial score (nSPS) is 17.8. The Bertz CT molecular complexity index is 706. The van der Waals surface area contributed by atoms with Gasteiger partial charge in [-0.3, -0.25) is 9.59 Å². The molecule has 1 aromatic carbocycles. The van der Waals surface area contributed by atoms with Crippen LogP contribution in [0.2, 0.25) is 0 Å². The molecule has 0 N–H and O–H groups in total. The second-order valence-corrected chi connectivity index (χ2v) is 7.09. The van der Waals surface area contributed by atoms with Gasteiger partial charge in [0.25, 0.3) is 5.91 Å². The molecule has 2 amide bonds. The summed E-state index contributed by atoms with van der Waals surface area (Å²) in [6.07, 6.45) is 5.27. The number of nitrogens with zero attached hydrogens (tertiary/aromatic N) is 2. The lowest BCUT2D eigenvalue weighted by Crippen LogP contribution is -2.59. The first-order chi connectivity index (χ1) is 11.8. The maximum atomic E-state index is 14.3. The number of hydrogen-bond donors (Lipinski definition) is 0. The lowest BCUT2D eigenvalue weighted by Gasteiger charge is -2.44. The number of piperazine rings is 1. The van der Waals surface area contributed by atoms with E-state index in [1.807, 2.05) is 27.7 Å². The summed E-state index contributed by atoms with van der Waals surface area (Å²) in [6.45, 7) is 9.09. The summed E-state index contributed by atoms with van der Waals surface area (Å²) in [6, 6.07) is 4.07. The predicted octanol–water partition coefficient (Wildman–Crippen LogP) is 2.77. The largest absolute Gasteiger partial charge is 0.339 e. The Hall–Kier alpha value is -2.35. The summed E-state index contributed by atoms with van der Waals surface area (Å²) in [4.78, 5) is 28.6. The third-order valence-electron chi connectivity index (χ3n) is 4.62. The van der Waals surface area contributed by atoms with Crippen molar-refractivity contribution in [2.45, 2.75) is 33.7 Å². The number of terminal acetylenes is 1. The zero-order valence-electron chi connectivity index (χ0n) is 15.3. The lowest BCUT2D eigenvalue weighted by atomic mass is 9.97. The first-order valence-corrected chi connectivity index (χ1v) is 8.62. The molecule has 0 spiro atoms. The molecule has 0 bridgehead atoms. The van der Waals surface area contributed by atoms with Crippen molar-refractivity contribution in [1.29, 1.82) is 0 Å². The van der Waals surface area contributed by atoms with Crippen LogP contribution in [0.5, 0.6) is 0 Å². The molecule has 134 valence electrons. The van der Waals surface area contributed by atoms with Crippen molar-refractivity contribution in [2.75, 3.05) is 19.6 Å². The molecule has 0 unspecified atom stereocenters. The van der Waals surface area contributed by atoms with E-state index >= 15 is 0 Å². The first-order valence-electron chi connectivity index (χ1n) is 8.62. The third-order valence-corrected chi connectivity index (χ3v) is 4.62. The highest BCUT2D eigenvalue weighted by molar-refractivity contribution is 5.95. The highest BCUT2D eigenvalue weighted by Crippen LogP contribution is 2.22. The van der Waals surface area contributed by atoms with Crippen molar-refractivity contribution in [3.05, 3.63) is 35.1 Å². The smallest absolute Gasteiger partial charge is 0.257 e. The van der Waals surface area contributed by atoms with Gasteiger partial charge in [-0.25, -0.2) is 4.39 Å². The molecule has 1 aliphatic rings.